The predicted molar refractivity (Wildman–Crippen MR) is 76.5 cm³/mol. The van der Waals surface area contributed by atoms with Gasteiger partial charge in [-0.1, -0.05) is 24.3 Å². The van der Waals surface area contributed by atoms with Crippen molar-refractivity contribution in [3.8, 4) is 16.3 Å². The van der Waals surface area contributed by atoms with Crippen LogP contribution in [-0.4, -0.2) is 11.3 Å². The van der Waals surface area contributed by atoms with Gasteiger partial charge in [0.1, 0.15) is 10.8 Å². The molecule has 1 heterocycles. The van der Waals surface area contributed by atoms with Gasteiger partial charge in [0.25, 0.3) is 0 Å². The second-order valence-electron chi connectivity index (χ2n) is 4.48. The van der Waals surface area contributed by atoms with E-state index in [4.69, 9.17) is 0 Å². The summed E-state index contributed by atoms with van der Waals surface area (Å²) < 4.78 is 42.4. The average Bonchev–Trinajstić information content (AvgIpc) is 2.83. The molecular formula is C15H10F3NOS. The highest BCUT2D eigenvalue weighted by atomic mass is 32.1. The van der Waals surface area contributed by atoms with Gasteiger partial charge in [0.05, 0.1) is 15.8 Å². The fourth-order valence-electron chi connectivity index (χ4n) is 2.06. The van der Waals surface area contributed by atoms with Gasteiger partial charge in [-0.05, 0) is 30.7 Å². The average molecular weight is 309 g/mol. The lowest BCUT2D eigenvalue weighted by atomic mass is 10.2. The summed E-state index contributed by atoms with van der Waals surface area (Å²) in [5, 5.41) is 0.513. The van der Waals surface area contributed by atoms with E-state index in [0.29, 0.717) is 10.6 Å². The fourth-order valence-corrected chi connectivity index (χ4v) is 3.13. The Bertz CT molecular complexity index is 795. The van der Waals surface area contributed by atoms with E-state index in [0.717, 1.165) is 15.8 Å². The van der Waals surface area contributed by atoms with Crippen LogP contribution in [0, 0.1) is 6.92 Å². The number of ether oxygens (including phenoxy) is 1. The zero-order valence-corrected chi connectivity index (χ0v) is 11.8. The lowest BCUT2D eigenvalue weighted by Gasteiger charge is -2.11. The van der Waals surface area contributed by atoms with Gasteiger partial charge in [0.15, 0.2) is 0 Å². The Balaban J connectivity index is 2.12. The maximum Gasteiger partial charge on any atom is 0.573 e. The summed E-state index contributed by atoms with van der Waals surface area (Å²) in [6, 6.07) is 11.8. The molecule has 0 aliphatic heterocycles. The topological polar surface area (TPSA) is 22.1 Å². The van der Waals surface area contributed by atoms with Crippen molar-refractivity contribution in [3.05, 3.63) is 48.0 Å². The smallest absolute Gasteiger partial charge is 0.405 e. The summed E-state index contributed by atoms with van der Waals surface area (Å²) in [7, 11) is 0. The number of fused-ring (bicyclic) bond motifs is 1. The van der Waals surface area contributed by atoms with Crippen LogP contribution in [0.2, 0.25) is 0 Å². The number of benzene rings is 2. The van der Waals surface area contributed by atoms with E-state index >= 15 is 0 Å². The normalized spacial score (nSPS) is 11.8. The minimum absolute atomic E-state index is 0.235. The van der Waals surface area contributed by atoms with Crippen molar-refractivity contribution in [1.82, 2.24) is 4.98 Å². The molecule has 0 unspecified atom stereocenters. The van der Waals surface area contributed by atoms with Crippen LogP contribution >= 0.6 is 11.3 Å². The third kappa shape index (κ3) is 2.85. The van der Waals surface area contributed by atoms with Crippen LogP contribution in [0.3, 0.4) is 0 Å². The van der Waals surface area contributed by atoms with Gasteiger partial charge in [0.2, 0.25) is 0 Å². The lowest BCUT2D eigenvalue weighted by molar-refractivity contribution is -0.274. The van der Waals surface area contributed by atoms with Crippen molar-refractivity contribution >= 4 is 21.6 Å². The maximum atomic E-state index is 12.5. The van der Waals surface area contributed by atoms with Crippen molar-refractivity contribution in [2.45, 2.75) is 13.3 Å². The zero-order chi connectivity index (χ0) is 15.0. The molecule has 0 spiro atoms. The molecule has 0 aliphatic carbocycles. The van der Waals surface area contributed by atoms with Crippen molar-refractivity contribution in [3.63, 3.8) is 0 Å². The maximum absolute atomic E-state index is 12.5. The molecule has 108 valence electrons. The van der Waals surface area contributed by atoms with E-state index in [2.05, 4.69) is 9.72 Å². The molecule has 0 radical (unpaired) electrons. The SMILES string of the molecule is Cc1cccc2sc(-c3ccccc3OC(F)(F)F)nc12. The molecule has 3 aromatic rings. The molecular weight excluding hydrogens is 299 g/mol. The first-order chi connectivity index (χ1) is 9.94. The summed E-state index contributed by atoms with van der Waals surface area (Å²) in [6.45, 7) is 1.92. The number of aryl methyl sites for hydroxylation is 1. The highest BCUT2D eigenvalue weighted by molar-refractivity contribution is 7.21. The molecule has 21 heavy (non-hydrogen) atoms. The molecule has 0 aliphatic rings. The van der Waals surface area contributed by atoms with Crippen LogP contribution < -0.4 is 4.74 Å². The number of rotatable bonds is 2. The summed E-state index contributed by atoms with van der Waals surface area (Å²) in [5.41, 5.74) is 2.14. The van der Waals surface area contributed by atoms with E-state index in [1.54, 1.807) is 12.1 Å². The highest BCUT2D eigenvalue weighted by Crippen LogP contribution is 2.38. The fraction of sp³-hybridized carbons (Fsp3) is 0.133. The van der Waals surface area contributed by atoms with Crippen molar-refractivity contribution in [1.29, 1.82) is 0 Å². The van der Waals surface area contributed by atoms with E-state index in [-0.39, 0.29) is 5.75 Å². The van der Waals surface area contributed by atoms with E-state index in [1.807, 2.05) is 25.1 Å². The predicted octanol–water partition coefficient (Wildman–Crippen LogP) is 5.17. The molecule has 3 rings (SSSR count). The number of hydrogen-bond acceptors (Lipinski definition) is 3. The molecule has 6 heteroatoms. The molecule has 2 nitrogen and oxygen atoms in total. The number of halogens is 3. The van der Waals surface area contributed by atoms with Crippen molar-refractivity contribution < 1.29 is 17.9 Å². The Morgan fingerprint density at radius 2 is 1.81 bits per heavy atom. The van der Waals surface area contributed by atoms with Crippen LogP contribution in [-0.2, 0) is 0 Å². The number of alkyl halides is 3. The quantitative estimate of drug-likeness (QED) is 0.651. The number of hydrogen-bond donors (Lipinski definition) is 0. The molecule has 0 bridgehead atoms. The summed E-state index contributed by atoms with van der Waals surface area (Å²) >= 11 is 1.35. The molecule has 0 fully saturated rings. The Kier molecular flexibility index (Phi) is 3.33. The largest absolute Gasteiger partial charge is 0.573 e. The third-order valence-electron chi connectivity index (χ3n) is 2.96. The second kappa shape index (κ2) is 5.04. The molecule has 0 N–H and O–H groups in total. The van der Waals surface area contributed by atoms with Gasteiger partial charge >= 0.3 is 6.36 Å². The summed E-state index contributed by atoms with van der Waals surface area (Å²) in [4.78, 5) is 4.44. The standard InChI is InChI=1S/C15H10F3NOS/c1-9-5-4-8-12-13(9)19-14(21-12)10-6-2-3-7-11(10)20-15(16,17)18/h2-8H,1H3. The number of nitrogens with zero attached hydrogens (tertiary/aromatic N) is 1. The number of aromatic nitrogens is 1. The van der Waals surface area contributed by atoms with Crippen LogP contribution in [0.1, 0.15) is 5.56 Å². The Labute approximate surface area is 122 Å². The number of thiazole rings is 1. The third-order valence-corrected chi connectivity index (χ3v) is 4.02. The van der Waals surface area contributed by atoms with Crippen LogP contribution in [0.4, 0.5) is 13.2 Å². The van der Waals surface area contributed by atoms with Crippen LogP contribution in [0.25, 0.3) is 20.8 Å². The first-order valence-corrected chi connectivity index (χ1v) is 6.97. The van der Waals surface area contributed by atoms with Gasteiger partial charge in [-0.3, -0.25) is 0 Å². The second-order valence-corrected chi connectivity index (χ2v) is 5.52. The first kappa shape index (κ1) is 13.9. The Hall–Kier alpha value is -2.08. The molecule has 0 saturated carbocycles. The zero-order valence-electron chi connectivity index (χ0n) is 10.9. The summed E-state index contributed by atoms with van der Waals surface area (Å²) in [6.07, 6.45) is -4.72. The highest BCUT2D eigenvalue weighted by Gasteiger charge is 2.32. The van der Waals surface area contributed by atoms with E-state index in [9.17, 15) is 13.2 Å². The Morgan fingerprint density at radius 1 is 1.05 bits per heavy atom. The van der Waals surface area contributed by atoms with E-state index < -0.39 is 6.36 Å². The summed E-state index contributed by atoms with van der Waals surface area (Å²) in [5.74, 6) is -0.235. The van der Waals surface area contributed by atoms with Gasteiger partial charge < -0.3 is 4.74 Å². The Morgan fingerprint density at radius 3 is 2.52 bits per heavy atom. The minimum atomic E-state index is -4.72. The lowest BCUT2D eigenvalue weighted by Crippen LogP contribution is -2.17. The van der Waals surface area contributed by atoms with Gasteiger partial charge in [-0.2, -0.15) is 0 Å². The molecule has 2 aromatic carbocycles. The van der Waals surface area contributed by atoms with Crippen LogP contribution in [0.5, 0.6) is 5.75 Å². The first-order valence-electron chi connectivity index (χ1n) is 6.15. The molecule has 0 saturated heterocycles. The number of para-hydroxylation sites is 2. The monoisotopic (exact) mass is 309 g/mol. The van der Waals surface area contributed by atoms with Crippen LogP contribution in [0.15, 0.2) is 42.5 Å². The van der Waals surface area contributed by atoms with Crippen molar-refractivity contribution in [2.75, 3.05) is 0 Å². The van der Waals surface area contributed by atoms with Gasteiger partial charge in [-0.25, -0.2) is 4.98 Å². The molecule has 1 aromatic heterocycles. The van der Waals surface area contributed by atoms with E-state index in [1.165, 1.54) is 23.5 Å². The minimum Gasteiger partial charge on any atom is -0.405 e. The molecule has 0 amide bonds. The van der Waals surface area contributed by atoms with Gasteiger partial charge in [-0.15, -0.1) is 24.5 Å². The molecule has 0 atom stereocenters. The van der Waals surface area contributed by atoms with Crippen molar-refractivity contribution in [2.24, 2.45) is 0 Å². The van der Waals surface area contributed by atoms with Gasteiger partial charge in [0, 0.05) is 0 Å².